The number of rotatable bonds is 6. The van der Waals surface area contributed by atoms with Crippen LogP contribution in [0.15, 0.2) is 103 Å². The van der Waals surface area contributed by atoms with E-state index in [2.05, 4.69) is 20.5 Å². The molecular formula is C28H23N5O7S2. The lowest BCUT2D eigenvalue weighted by Gasteiger charge is -2.11. The molecule has 0 heterocycles. The van der Waals surface area contributed by atoms with Gasteiger partial charge in [0.15, 0.2) is 5.75 Å². The van der Waals surface area contributed by atoms with Crippen LogP contribution >= 0.6 is 0 Å². The first-order chi connectivity index (χ1) is 19.7. The molecule has 0 bridgehead atoms. The van der Waals surface area contributed by atoms with E-state index >= 15 is 0 Å². The maximum atomic E-state index is 11.9. The van der Waals surface area contributed by atoms with Gasteiger partial charge in [0.1, 0.15) is 5.69 Å². The van der Waals surface area contributed by atoms with Crippen LogP contribution < -0.4 is 5.73 Å². The number of hydrogen-bond acceptors (Lipinski definition) is 10. The number of benzene rings is 5. The van der Waals surface area contributed by atoms with E-state index in [1.165, 1.54) is 24.3 Å². The minimum atomic E-state index is -4.53. The Hall–Kier alpha value is -4.76. The fourth-order valence-corrected chi connectivity index (χ4v) is 5.44. The second-order valence-corrected chi connectivity index (χ2v) is 12.3. The van der Waals surface area contributed by atoms with Crippen molar-refractivity contribution in [3.05, 3.63) is 83.9 Å². The molecule has 0 saturated carbocycles. The first-order valence-electron chi connectivity index (χ1n) is 12.2. The Kier molecular flexibility index (Phi) is 7.24. The molecule has 14 heteroatoms. The lowest BCUT2D eigenvalue weighted by Crippen LogP contribution is -2.00. The Balaban J connectivity index is 1.63. The predicted molar refractivity (Wildman–Crippen MR) is 158 cm³/mol. The summed E-state index contributed by atoms with van der Waals surface area (Å²) in [7, 11) is -9.05. The Labute approximate surface area is 240 Å². The van der Waals surface area contributed by atoms with Gasteiger partial charge in [-0.05, 0) is 79.4 Å². The second kappa shape index (κ2) is 10.6. The minimum Gasteiger partial charge on any atom is -0.505 e. The van der Waals surface area contributed by atoms with Crippen LogP contribution in [0, 0.1) is 13.8 Å². The number of nitrogens with two attached hydrogens (primary N) is 1. The standard InChI is InChI=1S/C28H23N5O7S2/c1-15-3-5-18(6-4-15)30-31-25-10-9-24(21-8-7-19(13-22(21)25)41(35,36)37)32-33-27-16(2)11-17-12-20(42(38,39)40)14-23(29)26(17)28(27)34/h3-14,34H,29H2,1-2H3,(H,35,36,37)(H,38,39,40). The van der Waals surface area contributed by atoms with Gasteiger partial charge < -0.3 is 10.8 Å². The Bertz CT molecular complexity index is 2180. The van der Waals surface area contributed by atoms with Gasteiger partial charge in [-0.3, -0.25) is 9.11 Å². The summed E-state index contributed by atoms with van der Waals surface area (Å²) in [6, 6.07) is 18.1. The zero-order valence-corrected chi connectivity index (χ0v) is 23.7. The zero-order chi connectivity index (χ0) is 30.4. The first kappa shape index (κ1) is 28.8. The van der Waals surface area contributed by atoms with E-state index in [1.807, 2.05) is 19.1 Å². The van der Waals surface area contributed by atoms with Crippen LogP contribution in [-0.4, -0.2) is 31.0 Å². The number of hydrogen-bond donors (Lipinski definition) is 4. The SMILES string of the molecule is Cc1ccc(N=Nc2ccc(N=Nc3c(C)cc4cc(S(=O)(=O)O)cc(N)c4c3O)c3ccc(S(=O)(=O)O)cc23)cc1. The predicted octanol–water partition coefficient (Wildman–Crippen LogP) is 7.22. The summed E-state index contributed by atoms with van der Waals surface area (Å²) in [5, 5.41) is 29.1. The Morgan fingerprint density at radius 1 is 0.667 bits per heavy atom. The molecule has 5 aromatic rings. The van der Waals surface area contributed by atoms with E-state index in [-0.39, 0.29) is 38.5 Å². The van der Waals surface area contributed by atoms with E-state index in [1.54, 1.807) is 37.3 Å². The molecule has 5 aromatic carbocycles. The van der Waals surface area contributed by atoms with Gasteiger partial charge in [-0.1, -0.05) is 23.8 Å². The number of nitrogens with zero attached hydrogens (tertiary/aromatic N) is 4. The van der Waals surface area contributed by atoms with Crippen molar-refractivity contribution in [1.29, 1.82) is 0 Å². The molecule has 5 rings (SSSR count). The summed E-state index contributed by atoms with van der Waals surface area (Å²) < 4.78 is 65.9. The molecule has 0 amide bonds. The van der Waals surface area contributed by atoms with Crippen molar-refractivity contribution in [1.82, 2.24) is 0 Å². The number of aromatic hydroxyl groups is 1. The average Bonchev–Trinajstić information content (AvgIpc) is 2.91. The van der Waals surface area contributed by atoms with Crippen molar-refractivity contribution in [3.63, 3.8) is 0 Å². The van der Waals surface area contributed by atoms with Crippen LogP contribution in [0.25, 0.3) is 21.5 Å². The molecule has 0 aromatic heterocycles. The van der Waals surface area contributed by atoms with Gasteiger partial charge in [-0.2, -0.15) is 21.9 Å². The van der Waals surface area contributed by atoms with Gasteiger partial charge in [-0.15, -0.1) is 15.3 Å². The van der Waals surface area contributed by atoms with Crippen molar-refractivity contribution in [2.75, 3.05) is 5.73 Å². The number of phenolic OH excluding ortho intramolecular Hbond substituents is 1. The molecule has 0 aliphatic carbocycles. The summed E-state index contributed by atoms with van der Waals surface area (Å²) >= 11 is 0. The lowest BCUT2D eigenvalue weighted by atomic mass is 10.0. The number of anilines is 1. The monoisotopic (exact) mass is 605 g/mol. The number of phenols is 1. The summed E-state index contributed by atoms with van der Waals surface area (Å²) in [4.78, 5) is -0.769. The molecule has 0 aliphatic heterocycles. The highest BCUT2D eigenvalue weighted by Gasteiger charge is 2.19. The Morgan fingerprint density at radius 2 is 1.29 bits per heavy atom. The van der Waals surface area contributed by atoms with Crippen LogP contribution in [0.5, 0.6) is 5.75 Å². The van der Waals surface area contributed by atoms with Crippen molar-refractivity contribution >= 4 is 70.2 Å². The van der Waals surface area contributed by atoms with Gasteiger partial charge >= 0.3 is 0 Å². The molecule has 42 heavy (non-hydrogen) atoms. The fourth-order valence-electron chi connectivity index (χ4n) is 4.39. The minimum absolute atomic E-state index is 0.0552. The van der Waals surface area contributed by atoms with E-state index in [0.717, 1.165) is 11.6 Å². The summed E-state index contributed by atoms with van der Waals surface area (Å²) in [5.74, 6) is -0.352. The highest BCUT2D eigenvalue weighted by molar-refractivity contribution is 7.86. The molecule has 0 aliphatic rings. The lowest BCUT2D eigenvalue weighted by molar-refractivity contribution is 0.480. The van der Waals surface area contributed by atoms with Crippen LogP contribution in [0.4, 0.5) is 28.4 Å². The van der Waals surface area contributed by atoms with E-state index in [0.29, 0.717) is 27.7 Å². The van der Waals surface area contributed by atoms with Gasteiger partial charge in [0.05, 0.1) is 26.9 Å². The van der Waals surface area contributed by atoms with Gasteiger partial charge in [0, 0.05) is 21.8 Å². The summed E-state index contributed by atoms with van der Waals surface area (Å²) in [5.41, 5.74) is 8.61. The molecular weight excluding hydrogens is 582 g/mol. The highest BCUT2D eigenvalue weighted by Crippen LogP contribution is 2.43. The average molecular weight is 606 g/mol. The quantitative estimate of drug-likeness (QED) is 0.0880. The second-order valence-electron chi connectivity index (χ2n) is 9.50. The van der Waals surface area contributed by atoms with Gasteiger partial charge in [-0.25, -0.2) is 0 Å². The van der Waals surface area contributed by atoms with Gasteiger partial charge in [0.25, 0.3) is 20.2 Å². The highest BCUT2D eigenvalue weighted by atomic mass is 32.2. The van der Waals surface area contributed by atoms with Crippen LogP contribution in [-0.2, 0) is 20.2 Å². The normalized spacial score (nSPS) is 12.7. The van der Waals surface area contributed by atoms with E-state index < -0.39 is 25.1 Å². The number of fused-ring (bicyclic) bond motifs is 2. The molecule has 0 fully saturated rings. The van der Waals surface area contributed by atoms with Gasteiger partial charge in [0.2, 0.25) is 0 Å². The first-order valence-corrected chi connectivity index (χ1v) is 15.1. The smallest absolute Gasteiger partial charge is 0.294 e. The topological polar surface area (TPSA) is 204 Å². The molecule has 5 N–H and O–H groups in total. The molecule has 12 nitrogen and oxygen atoms in total. The van der Waals surface area contributed by atoms with Crippen molar-refractivity contribution < 1.29 is 31.0 Å². The molecule has 0 spiro atoms. The molecule has 0 saturated heterocycles. The Morgan fingerprint density at radius 3 is 1.93 bits per heavy atom. The third-order valence-corrected chi connectivity index (χ3v) is 8.16. The molecule has 0 radical (unpaired) electrons. The summed E-state index contributed by atoms with van der Waals surface area (Å²) in [6.07, 6.45) is 0. The maximum absolute atomic E-state index is 11.9. The molecule has 0 atom stereocenters. The summed E-state index contributed by atoms with van der Waals surface area (Å²) in [6.45, 7) is 3.56. The van der Waals surface area contributed by atoms with Crippen molar-refractivity contribution in [2.45, 2.75) is 23.6 Å². The largest absolute Gasteiger partial charge is 0.505 e. The van der Waals surface area contributed by atoms with Crippen molar-refractivity contribution in [3.8, 4) is 5.75 Å². The zero-order valence-electron chi connectivity index (χ0n) is 22.1. The van der Waals surface area contributed by atoms with Crippen LogP contribution in [0.2, 0.25) is 0 Å². The third kappa shape index (κ3) is 5.69. The fraction of sp³-hybridized carbons (Fsp3) is 0.0714. The molecule has 214 valence electrons. The van der Waals surface area contributed by atoms with Crippen LogP contribution in [0.1, 0.15) is 11.1 Å². The third-order valence-electron chi connectivity index (χ3n) is 6.48. The van der Waals surface area contributed by atoms with Crippen LogP contribution in [0.3, 0.4) is 0 Å². The van der Waals surface area contributed by atoms with Crippen molar-refractivity contribution in [2.24, 2.45) is 20.5 Å². The maximum Gasteiger partial charge on any atom is 0.294 e. The number of nitrogen functional groups attached to an aromatic ring is 1. The molecule has 0 unspecified atom stereocenters. The number of azo groups is 2. The van der Waals surface area contributed by atoms with E-state index in [4.69, 9.17) is 5.73 Å². The van der Waals surface area contributed by atoms with E-state index in [9.17, 15) is 31.0 Å². The number of aryl methyl sites for hydroxylation is 2.